The van der Waals surface area contributed by atoms with Gasteiger partial charge in [0.1, 0.15) is 10.7 Å². The zero-order chi connectivity index (χ0) is 27.2. The first-order valence-corrected chi connectivity index (χ1v) is 14.4. The molecule has 5 rings (SSSR count). The number of nitrogens with one attached hydrogen (secondary N) is 1. The number of nitro benzene ring substituents is 1. The van der Waals surface area contributed by atoms with Gasteiger partial charge in [0.05, 0.1) is 10.8 Å². The lowest BCUT2D eigenvalue weighted by molar-refractivity contribution is -0.384. The van der Waals surface area contributed by atoms with E-state index in [1.807, 2.05) is 17.5 Å². The molecule has 3 aromatic rings. The van der Waals surface area contributed by atoms with Crippen molar-refractivity contribution in [3.63, 3.8) is 0 Å². The smallest absolute Gasteiger partial charge is 0.377 e. The van der Waals surface area contributed by atoms with Crippen molar-refractivity contribution >= 4 is 44.3 Å². The van der Waals surface area contributed by atoms with Gasteiger partial charge in [-0.15, -0.1) is 11.3 Å². The average Bonchev–Trinajstić information content (AvgIpc) is 3.46. The van der Waals surface area contributed by atoms with Crippen LogP contribution in [0.1, 0.15) is 47.7 Å². The number of thiazole rings is 1. The van der Waals surface area contributed by atoms with Gasteiger partial charge in [-0.25, -0.2) is 13.4 Å². The molecule has 0 aliphatic carbocycles. The van der Waals surface area contributed by atoms with Gasteiger partial charge in [0.25, 0.3) is 5.69 Å². The van der Waals surface area contributed by atoms with Crippen molar-refractivity contribution in [1.29, 1.82) is 0 Å². The van der Waals surface area contributed by atoms with Gasteiger partial charge in [-0.2, -0.15) is 17.5 Å². The molecule has 2 aliphatic heterocycles. The summed E-state index contributed by atoms with van der Waals surface area (Å²) in [6.45, 7) is 0. The second-order valence-corrected chi connectivity index (χ2v) is 12.6. The van der Waals surface area contributed by atoms with Crippen molar-refractivity contribution < 1.29 is 26.5 Å². The summed E-state index contributed by atoms with van der Waals surface area (Å²) < 4.78 is 64.6. The van der Waals surface area contributed by atoms with E-state index in [1.54, 1.807) is 30.5 Å². The first-order valence-electron chi connectivity index (χ1n) is 11.7. The molecule has 1 N–H and O–H groups in total. The maximum atomic E-state index is 13.2. The Morgan fingerprint density at radius 2 is 1.74 bits per heavy atom. The molecule has 1 aromatic heterocycles. The van der Waals surface area contributed by atoms with Gasteiger partial charge in [0, 0.05) is 40.8 Å². The highest BCUT2D eigenvalue weighted by molar-refractivity contribution is 7.90. The van der Waals surface area contributed by atoms with Crippen molar-refractivity contribution in [1.82, 2.24) is 9.29 Å². The summed E-state index contributed by atoms with van der Waals surface area (Å²) in [6, 6.07) is 9.86. The molecular formula is C24H22ClF3N4O4S2. The van der Waals surface area contributed by atoms with E-state index in [2.05, 4.69) is 10.3 Å². The minimum Gasteiger partial charge on any atom is -0.377 e. The van der Waals surface area contributed by atoms with E-state index in [0.717, 1.165) is 16.1 Å². The number of aromatic nitrogens is 1. The van der Waals surface area contributed by atoms with Gasteiger partial charge in [-0.05, 0) is 55.0 Å². The maximum Gasteiger partial charge on any atom is 0.511 e. The van der Waals surface area contributed by atoms with Gasteiger partial charge in [0.2, 0.25) is 0 Å². The fraction of sp³-hybridized carbons (Fsp3) is 0.375. The molecule has 14 heteroatoms. The Kier molecular flexibility index (Phi) is 7.14. The second-order valence-electron chi connectivity index (χ2n) is 9.37. The molecule has 0 radical (unpaired) electrons. The van der Waals surface area contributed by atoms with E-state index >= 15 is 0 Å². The highest BCUT2D eigenvalue weighted by Crippen LogP contribution is 2.44. The lowest BCUT2D eigenvalue weighted by Gasteiger charge is -2.38. The van der Waals surface area contributed by atoms with Gasteiger partial charge < -0.3 is 5.32 Å². The van der Waals surface area contributed by atoms with Crippen LogP contribution in [0, 0.1) is 10.1 Å². The second kappa shape index (κ2) is 10.1. The first kappa shape index (κ1) is 26.9. The molecular weight excluding hydrogens is 565 g/mol. The zero-order valence-corrected chi connectivity index (χ0v) is 22.0. The van der Waals surface area contributed by atoms with E-state index in [4.69, 9.17) is 11.6 Å². The molecule has 2 aliphatic rings. The fourth-order valence-electron chi connectivity index (χ4n) is 5.50. The lowest BCUT2D eigenvalue weighted by atomic mass is 9.91. The SMILES string of the molecule is O=[N+]([O-])c1ccc(C(c2ccc(Cl)cc2)c2nccs2)cc1NC1CC2CCC(C1)N2S(=O)(=O)C(F)(F)F. The highest BCUT2D eigenvalue weighted by Gasteiger charge is 2.57. The third-order valence-corrected chi connectivity index (χ3v) is 9.88. The summed E-state index contributed by atoms with van der Waals surface area (Å²) in [5.74, 6) is -0.330. The number of hydrogen-bond donors (Lipinski definition) is 1. The number of piperidine rings is 1. The summed E-state index contributed by atoms with van der Waals surface area (Å²) in [7, 11) is -5.45. The maximum absolute atomic E-state index is 13.2. The Hall–Kier alpha value is -2.74. The Morgan fingerprint density at radius 3 is 2.29 bits per heavy atom. The van der Waals surface area contributed by atoms with Crippen LogP contribution in [0.4, 0.5) is 24.5 Å². The zero-order valence-electron chi connectivity index (χ0n) is 19.6. The largest absolute Gasteiger partial charge is 0.511 e. The minimum atomic E-state index is -5.45. The summed E-state index contributed by atoms with van der Waals surface area (Å²) in [6.07, 6.45) is 2.51. The number of halogens is 4. The van der Waals surface area contributed by atoms with Crippen LogP contribution in [0.3, 0.4) is 0 Å². The number of fused-ring (bicyclic) bond motifs is 2. The molecule has 3 unspecified atom stereocenters. The van der Waals surface area contributed by atoms with Gasteiger partial charge in [0.15, 0.2) is 0 Å². The molecule has 3 atom stereocenters. The predicted octanol–water partition coefficient (Wildman–Crippen LogP) is 6.14. The summed E-state index contributed by atoms with van der Waals surface area (Å²) in [5, 5.41) is 18.2. The molecule has 0 saturated carbocycles. The van der Waals surface area contributed by atoms with Gasteiger partial charge in [-0.1, -0.05) is 29.8 Å². The molecule has 8 nitrogen and oxygen atoms in total. The number of benzene rings is 2. The number of sulfonamides is 1. The van der Waals surface area contributed by atoms with E-state index in [9.17, 15) is 31.7 Å². The molecule has 38 heavy (non-hydrogen) atoms. The molecule has 2 aromatic carbocycles. The van der Waals surface area contributed by atoms with Crippen LogP contribution in [0.25, 0.3) is 0 Å². The average molecular weight is 587 g/mol. The molecule has 3 heterocycles. The number of anilines is 1. The number of nitrogens with zero attached hydrogens (tertiary/aromatic N) is 3. The minimum absolute atomic E-state index is 0.111. The van der Waals surface area contributed by atoms with E-state index in [0.29, 0.717) is 22.2 Å². The van der Waals surface area contributed by atoms with Crippen LogP contribution < -0.4 is 5.32 Å². The summed E-state index contributed by atoms with van der Waals surface area (Å²) in [4.78, 5) is 15.8. The lowest BCUT2D eigenvalue weighted by Crippen LogP contribution is -2.53. The van der Waals surface area contributed by atoms with E-state index < -0.39 is 38.6 Å². The first-order chi connectivity index (χ1) is 18.0. The third kappa shape index (κ3) is 4.99. The number of alkyl halides is 3. The molecule has 2 fully saturated rings. The standard InChI is InChI=1S/C24H22ClF3N4O4S2/c25-16-4-1-14(2-5-16)22(23-29-9-10-37-23)15-3-8-21(32(33)34)20(11-15)30-17-12-18-6-7-19(13-17)31(18)38(35,36)24(26,27)28/h1-5,8-11,17-19,22,30H,6-7,12-13H2. The molecule has 0 spiro atoms. The fourth-order valence-corrected chi connectivity index (χ4v) is 7.83. The number of nitro groups is 1. The van der Waals surface area contributed by atoms with Crippen LogP contribution in [-0.4, -0.2) is 46.3 Å². The Morgan fingerprint density at radius 1 is 1.11 bits per heavy atom. The van der Waals surface area contributed by atoms with Gasteiger partial charge in [-0.3, -0.25) is 10.1 Å². The van der Waals surface area contributed by atoms with Crippen molar-refractivity contribution in [2.45, 2.75) is 55.2 Å². The quantitative estimate of drug-likeness (QED) is 0.263. The van der Waals surface area contributed by atoms with Crippen LogP contribution in [0.15, 0.2) is 54.0 Å². The topological polar surface area (TPSA) is 105 Å². The number of rotatable bonds is 7. The summed E-state index contributed by atoms with van der Waals surface area (Å²) >= 11 is 7.50. The molecule has 0 amide bonds. The molecule has 202 valence electrons. The van der Waals surface area contributed by atoms with Gasteiger partial charge >= 0.3 is 15.5 Å². The van der Waals surface area contributed by atoms with Crippen molar-refractivity contribution in [2.24, 2.45) is 0 Å². The van der Waals surface area contributed by atoms with E-state index in [1.165, 1.54) is 17.4 Å². The third-order valence-electron chi connectivity index (χ3n) is 7.05. The van der Waals surface area contributed by atoms with Crippen molar-refractivity contribution in [2.75, 3.05) is 5.32 Å². The highest BCUT2D eigenvalue weighted by atomic mass is 35.5. The summed E-state index contributed by atoms with van der Waals surface area (Å²) in [5.41, 5.74) is -3.71. The monoisotopic (exact) mass is 586 g/mol. The van der Waals surface area contributed by atoms with Crippen LogP contribution >= 0.6 is 22.9 Å². The predicted molar refractivity (Wildman–Crippen MR) is 138 cm³/mol. The van der Waals surface area contributed by atoms with Crippen molar-refractivity contribution in [3.05, 3.63) is 85.3 Å². The number of hydrogen-bond acceptors (Lipinski definition) is 7. The Balaban J connectivity index is 1.46. The van der Waals surface area contributed by atoms with Crippen LogP contribution in [0.5, 0.6) is 0 Å². The Labute approximate surface area is 225 Å². The van der Waals surface area contributed by atoms with E-state index in [-0.39, 0.29) is 30.1 Å². The van der Waals surface area contributed by atoms with Crippen LogP contribution in [-0.2, 0) is 10.0 Å². The Bertz CT molecular complexity index is 1420. The van der Waals surface area contributed by atoms with Crippen LogP contribution in [0.2, 0.25) is 5.02 Å². The molecule has 2 bridgehead atoms. The normalized spacial score (nSPS) is 22.8. The van der Waals surface area contributed by atoms with Crippen molar-refractivity contribution in [3.8, 4) is 0 Å². The molecule has 2 saturated heterocycles.